The Labute approximate surface area is 224 Å². The maximum Gasteiger partial charge on any atom is 0.451 e. The first-order valence-corrected chi connectivity index (χ1v) is 12.9. The fourth-order valence-corrected chi connectivity index (χ4v) is 4.88. The summed E-state index contributed by atoms with van der Waals surface area (Å²) in [6, 6.07) is 6.73. The number of hydrogen-bond donors (Lipinski definition) is 2. The first-order chi connectivity index (χ1) is 18.2. The number of fused-ring (bicyclic) bond motifs is 1. The molecule has 0 aliphatic carbocycles. The summed E-state index contributed by atoms with van der Waals surface area (Å²) in [6.07, 6.45) is 0.804. The number of piperidine rings is 1. The molecule has 3 heterocycles. The summed E-state index contributed by atoms with van der Waals surface area (Å²) in [4.78, 5) is 29.3. The van der Waals surface area contributed by atoms with Crippen molar-refractivity contribution in [2.45, 2.75) is 31.5 Å². The second-order valence-corrected chi connectivity index (χ2v) is 9.75. The van der Waals surface area contributed by atoms with E-state index in [-0.39, 0.29) is 18.5 Å². The van der Waals surface area contributed by atoms with Crippen LogP contribution in [0.25, 0.3) is 10.9 Å². The highest BCUT2D eigenvalue weighted by Crippen LogP contribution is 2.30. The van der Waals surface area contributed by atoms with Crippen molar-refractivity contribution >= 4 is 34.2 Å². The van der Waals surface area contributed by atoms with Crippen molar-refractivity contribution < 1.29 is 18.0 Å². The number of likely N-dealkylation sites (N-methyl/N-ethyl adjacent to an activating group) is 2. The van der Waals surface area contributed by atoms with Gasteiger partial charge in [0.1, 0.15) is 5.82 Å². The molecule has 204 valence electrons. The molecular weight excluding hydrogens is 519 g/mol. The summed E-state index contributed by atoms with van der Waals surface area (Å²) in [5, 5.41) is 6.96. The maximum atomic E-state index is 13.4. The summed E-state index contributed by atoms with van der Waals surface area (Å²) >= 11 is 6.47. The van der Waals surface area contributed by atoms with Gasteiger partial charge in [0, 0.05) is 50.0 Å². The number of alkyl halides is 3. The van der Waals surface area contributed by atoms with Gasteiger partial charge in [0.15, 0.2) is 0 Å². The maximum absolute atomic E-state index is 13.4. The van der Waals surface area contributed by atoms with Crippen LogP contribution in [0.1, 0.15) is 47.1 Å². The lowest BCUT2D eigenvalue weighted by Crippen LogP contribution is -2.41. The molecule has 2 N–H and O–H groups in total. The zero-order valence-corrected chi connectivity index (χ0v) is 22.1. The number of carbonyl (C=O) groups excluding carboxylic acids is 1. The first-order valence-electron chi connectivity index (χ1n) is 12.6. The summed E-state index contributed by atoms with van der Waals surface area (Å²) < 4.78 is 39.0. The molecule has 1 aliphatic heterocycles. The van der Waals surface area contributed by atoms with Gasteiger partial charge < -0.3 is 15.5 Å². The Balaban J connectivity index is 1.57. The molecule has 1 fully saturated rings. The lowest BCUT2D eigenvalue weighted by atomic mass is 10.0. The molecule has 8 nitrogen and oxygen atoms in total. The molecule has 1 saturated heterocycles. The normalized spacial score (nSPS) is 15.4. The second kappa shape index (κ2) is 12.2. The number of halogens is 4. The molecule has 1 aliphatic rings. The summed E-state index contributed by atoms with van der Waals surface area (Å²) in [5.41, 5.74) is 1.46. The number of nitrogens with one attached hydrogen (secondary N) is 2. The smallest absolute Gasteiger partial charge is 0.358 e. The molecule has 1 amide bonds. The number of rotatable bonds is 9. The average Bonchev–Trinajstić information content (AvgIpc) is 2.91. The second-order valence-electron chi connectivity index (χ2n) is 9.34. The molecule has 2 aromatic heterocycles. The van der Waals surface area contributed by atoms with Crippen molar-refractivity contribution in [2.24, 2.45) is 0 Å². The molecule has 3 aromatic rings. The minimum Gasteiger partial charge on any atom is -0.358 e. The van der Waals surface area contributed by atoms with Gasteiger partial charge in [0.25, 0.3) is 5.91 Å². The van der Waals surface area contributed by atoms with Gasteiger partial charge in [-0.15, -0.1) is 0 Å². The van der Waals surface area contributed by atoms with Gasteiger partial charge in [0.2, 0.25) is 5.82 Å². The Morgan fingerprint density at radius 3 is 2.50 bits per heavy atom. The average molecular weight is 550 g/mol. The minimum absolute atomic E-state index is 0.165. The number of amides is 1. The Morgan fingerprint density at radius 2 is 1.84 bits per heavy atom. The minimum atomic E-state index is -4.62. The Hall–Kier alpha value is -3.02. The molecule has 12 heteroatoms. The number of hydrogen-bond acceptors (Lipinski definition) is 7. The number of carbonyl (C=O) groups is 1. The molecule has 1 atom stereocenters. The highest BCUT2D eigenvalue weighted by molar-refractivity contribution is 6.35. The van der Waals surface area contributed by atoms with Crippen LogP contribution >= 0.6 is 11.6 Å². The molecule has 0 spiro atoms. The lowest BCUT2D eigenvalue weighted by Gasteiger charge is -2.34. The largest absolute Gasteiger partial charge is 0.451 e. The molecule has 0 saturated carbocycles. The van der Waals surface area contributed by atoms with E-state index in [2.05, 4.69) is 25.5 Å². The van der Waals surface area contributed by atoms with Crippen LogP contribution in [0.15, 0.2) is 36.7 Å². The number of anilines is 1. The number of benzene rings is 1. The summed E-state index contributed by atoms with van der Waals surface area (Å²) in [6.45, 7) is 3.27. The number of likely N-dealkylation sites (tertiary alicyclic amines) is 1. The van der Waals surface area contributed by atoms with Gasteiger partial charge in [-0.2, -0.15) is 13.2 Å². The highest BCUT2D eigenvalue weighted by Gasteiger charge is 2.35. The van der Waals surface area contributed by atoms with E-state index in [1.807, 2.05) is 31.1 Å². The van der Waals surface area contributed by atoms with Crippen LogP contribution in [0.5, 0.6) is 0 Å². The molecule has 38 heavy (non-hydrogen) atoms. The van der Waals surface area contributed by atoms with Gasteiger partial charge in [-0.3, -0.25) is 9.69 Å². The third-order valence-corrected chi connectivity index (χ3v) is 7.03. The molecular formula is C26H31ClF3N7O. The molecule has 0 radical (unpaired) electrons. The third-order valence-electron chi connectivity index (χ3n) is 6.72. The van der Waals surface area contributed by atoms with Crippen molar-refractivity contribution in [1.29, 1.82) is 0 Å². The summed E-state index contributed by atoms with van der Waals surface area (Å²) in [7, 11) is 3.83. The Morgan fingerprint density at radius 1 is 1.13 bits per heavy atom. The van der Waals surface area contributed by atoms with Crippen molar-refractivity contribution in [2.75, 3.05) is 51.7 Å². The van der Waals surface area contributed by atoms with Crippen molar-refractivity contribution in [3.8, 4) is 0 Å². The number of nitrogens with zero attached hydrogens (tertiary/aromatic N) is 5. The van der Waals surface area contributed by atoms with E-state index in [1.165, 1.54) is 12.4 Å². The standard InChI is InChI=1S/C26H31ClF3N7O/c1-31-10-13-36(2)22-9-6-18-20(35-22)8-7-19(27)23(18)24(38)32-16-21(37-11-4-3-5-12-37)17-14-33-25(34-15-17)26(28,29)30/h6-9,14-15,21,31H,3-5,10-13,16H2,1-2H3,(H,32,38). The van der Waals surface area contributed by atoms with E-state index in [1.54, 1.807) is 12.1 Å². The van der Waals surface area contributed by atoms with E-state index in [9.17, 15) is 18.0 Å². The van der Waals surface area contributed by atoms with Crippen molar-refractivity contribution in [3.63, 3.8) is 0 Å². The van der Waals surface area contributed by atoms with Gasteiger partial charge in [-0.05, 0) is 57.2 Å². The van der Waals surface area contributed by atoms with E-state index >= 15 is 0 Å². The van der Waals surface area contributed by atoms with Gasteiger partial charge >= 0.3 is 6.18 Å². The van der Waals surface area contributed by atoms with Crippen LogP contribution in [0.3, 0.4) is 0 Å². The molecule has 0 bridgehead atoms. The predicted molar refractivity (Wildman–Crippen MR) is 141 cm³/mol. The van der Waals surface area contributed by atoms with Gasteiger partial charge in [0.05, 0.1) is 22.1 Å². The van der Waals surface area contributed by atoms with Crippen molar-refractivity contribution in [1.82, 2.24) is 30.5 Å². The number of pyridine rings is 1. The summed E-state index contributed by atoms with van der Waals surface area (Å²) in [5.74, 6) is -0.795. The quantitative estimate of drug-likeness (QED) is 0.411. The monoisotopic (exact) mass is 549 g/mol. The highest BCUT2D eigenvalue weighted by atomic mass is 35.5. The fraction of sp³-hybridized carbons (Fsp3) is 0.462. The molecule has 1 unspecified atom stereocenters. The fourth-order valence-electron chi connectivity index (χ4n) is 4.63. The van der Waals surface area contributed by atoms with Gasteiger partial charge in [-0.1, -0.05) is 18.0 Å². The van der Waals surface area contributed by atoms with E-state index < -0.39 is 12.0 Å². The Kier molecular flexibility index (Phi) is 9.01. The topological polar surface area (TPSA) is 86.3 Å². The lowest BCUT2D eigenvalue weighted by molar-refractivity contribution is -0.145. The predicted octanol–water partition coefficient (Wildman–Crippen LogP) is 4.31. The third kappa shape index (κ3) is 6.51. The van der Waals surface area contributed by atoms with Crippen molar-refractivity contribution in [3.05, 3.63) is 58.6 Å². The molecule has 4 rings (SSSR count). The van der Waals surface area contributed by atoms with E-state index in [0.29, 0.717) is 27.1 Å². The number of aromatic nitrogens is 3. The zero-order chi connectivity index (χ0) is 27.3. The van der Waals surface area contributed by atoms with Crippen LogP contribution in [-0.4, -0.2) is 72.6 Å². The van der Waals surface area contributed by atoms with Crippen LogP contribution < -0.4 is 15.5 Å². The zero-order valence-electron chi connectivity index (χ0n) is 21.4. The van der Waals surface area contributed by atoms with Crippen LogP contribution in [0.4, 0.5) is 19.0 Å². The van der Waals surface area contributed by atoms with Crippen LogP contribution in [0, 0.1) is 0 Å². The van der Waals surface area contributed by atoms with Crippen LogP contribution in [0.2, 0.25) is 5.02 Å². The SMILES string of the molecule is CNCCN(C)c1ccc2c(C(=O)NCC(c3cnc(C(F)(F)F)nc3)N3CCCCC3)c(Cl)ccc2n1. The van der Waals surface area contributed by atoms with E-state index in [0.717, 1.165) is 51.3 Å². The molecule has 1 aromatic carbocycles. The van der Waals surface area contributed by atoms with Crippen LogP contribution in [-0.2, 0) is 6.18 Å². The Bertz CT molecular complexity index is 1250. The van der Waals surface area contributed by atoms with Gasteiger partial charge in [-0.25, -0.2) is 15.0 Å². The van der Waals surface area contributed by atoms with E-state index in [4.69, 9.17) is 16.6 Å². The first kappa shape index (κ1) is 28.0.